The Bertz CT molecular complexity index is 914. The van der Waals surface area contributed by atoms with Gasteiger partial charge in [-0.2, -0.15) is 0 Å². The Morgan fingerprint density at radius 3 is 2.36 bits per heavy atom. The van der Waals surface area contributed by atoms with Gasteiger partial charge in [0.1, 0.15) is 5.82 Å². The molecule has 0 unspecified atom stereocenters. The van der Waals surface area contributed by atoms with Gasteiger partial charge < -0.3 is 4.57 Å². The maximum absolute atomic E-state index is 13.2. The zero-order valence-corrected chi connectivity index (χ0v) is 11.6. The van der Waals surface area contributed by atoms with Gasteiger partial charge in [0.05, 0.1) is 6.54 Å². The number of aromatic nitrogens is 2. The van der Waals surface area contributed by atoms with Gasteiger partial charge in [0.2, 0.25) is 0 Å². The van der Waals surface area contributed by atoms with E-state index >= 15 is 0 Å². The number of halogens is 1. The molecule has 5 heteroatoms. The fourth-order valence-corrected chi connectivity index (χ4v) is 2.26. The van der Waals surface area contributed by atoms with E-state index in [-0.39, 0.29) is 12.4 Å². The van der Waals surface area contributed by atoms with Crippen LogP contribution < -0.4 is 11.1 Å². The summed E-state index contributed by atoms with van der Waals surface area (Å²) >= 11 is 0. The summed E-state index contributed by atoms with van der Waals surface area (Å²) in [4.78, 5) is 24.4. The highest BCUT2D eigenvalue weighted by Gasteiger charge is 2.07. The lowest BCUT2D eigenvalue weighted by molar-refractivity contribution is 0.622. The van der Waals surface area contributed by atoms with E-state index in [0.717, 1.165) is 0 Å². The third-order valence-electron chi connectivity index (χ3n) is 3.33. The van der Waals surface area contributed by atoms with E-state index in [1.165, 1.54) is 27.5 Å². The fourth-order valence-electron chi connectivity index (χ4n) is 2.26. The average Bonchev–Trinajstić information content (AvgIpc) is 2.53. The minimum absolute atomic E-state index is 0.154. The van der Waals surface area contributed by atoms with Crippen molar-refractivity contribution in [1.29, 1.82) is 0 Å². The molecule has 0 aliphatic carbocycles. The summed E-state index contributed by atoms with van der Waals surface area (Å²) in [6.45, 7) is 0.154. The first-order valence-electron chi connectivity index (χ1n) is 6.77. The van der Waals surface area contributed by atoms with Crippen LogP contribution in [0.15, 0.2) is 76.6 Å². The standard InChI is InChI=1S/C17H13FN2O2/c18-14-6-4-5-13(11-14)12-19-9-10-20(17(22)16(19)21)15-7-2-1-3-8-15/h1-11H,12H2. The highest BCUT2D eigenvalue weighted by molar-refractivity contribution is 5.31. The Kier molecular flexibility index (Phi) is 3.70. The summed E-state index contributed by atoms with van der Waals surface area (Å²) in [5.41, 5.74) is -0.0258. The predicted molar refractivity (Wildman–Crippen MR) is 81.8 cm³/mol. The zero-order chi connectivity index (χ0) is 15.5. The molecule has 4 nitrogen and oxygen atoms in total. The van der Waals surface area contributed by atoms with Crippen molar-refractivity contribution in [1.82, 2.24) is 9.13 Å². The Morgan fingerprint density at radius 2 is 1.64 bits per heavy atom. The van der Waals surface area contributed by atoms with Crippen LogP contribution in [0.4, 0.5) is 4.39 Å². The molecule has 0 bridgehead atoms. The monoisotopic (exact) mass is 296 g/mol. The molecular formula is C17H13FN2O2. The Morgan fingerprint density at radius 1 is 0.864 bits per heavy atom. The van der Waals surface area contributed by atoms with Crippen molar-refractivity contribution in [3.63, 3.8) is 0 Å². The molecule has 0 fully saturated rings. The maximum atomic E-state index is 13.2. The molecule has 3 rings (SSSR count). The SMILES string of the molecule is O=c1c(=O)n(-c2ccccc2)ccn1Cc1cccc(F)c1. The molecule has 0 saturated heterocycles. The zero-order valence-electron chi connectivity index (χ0n) is 11.6. The molecule has 0 atom stereocenters. The van der Waals surface area contributed by atoms with Crippen LogP contribution in [-0.2, 0) is 6.54 Å². The van der Waals surface area contributed by atoms with Gasteiger partial charge in [0.15, 0.2) is 0 Å². The number of para-hydroxylation sites is 1. The van der Waals surface area contributed by atoms with Crippen molar-refractivity contribution in [2.45, 2.75) is 6.54 Å². The smallest absolute Gasteiger partial charge is 0.305 e. The average molecular weight is 296 g/mol. The lowest BCUT2D eigenvalue weighted by Gasteiger charge is -2.09. The van der Waals surface area contributed by atoms with E-state index in [1.807, 2.05) is 6.07 Å². The summed E-state index contributed by atoms with van der Waals surface area (Å²) in [5.74, 6) is -0.372. The molecule has 3 aromatic rings. The second kappa shape index (κ2) is 5.81. The van der Waals surface area contributed by atoms with Crippen LogP contribution in [0.5, 0.6) is 0 Å². The van der Waals surface area contributed by atoms with Gasteiger partial charge >= 0.3 is 11.1 Å². The van der Waals surface area contributed by atoms with Crippen LogP contribution in [0.2, 0.25) is 0 Å². The first-order valence-corrected chi connectivity index (χ1v) is 6.77. The van der Waals surface area contributed by atoms with Crippen molar-refractivity contribution in [2.75, 3.05) is 0 Å². The highest BCUT2D eigenvalue weighted by Crippen LogP contribution is 2.05. The molecule has 2 aromatic carbocycles. The molecule has 0 radical (unpaired) electrons. The Labute approximate surface area is 125 Å². The van der Waals surface area contributed by atoms with Crippen LogP contribution in [-0.4, -0.2) is 9.13 Å². The number of rotatable bonds is 3. The van der Waals surface area contributed by atoms with Gasteiger partial charge in [-0.25, -0.2) is 4.39 Å². The largest absolute Gasteiger partial charge is 0.320 e. The van der Waals surface area contributed by atoms with Crippen LogP contribution in [0.25, 0.3) is 5.69 Å². The minimum atomic E-state index is -0.643. The Balaban J connectivity index is 2.01. The van der Waals surface area contributed by atoms with Crippen LogP contribution in [0.3, 0.4) is 0 Å². The van der Waals surface area contributed by atoms with Crippen LogP contribution >= 0.6 is 0 Å². The van der Waals surface area contributed by atoms with E-state index in [4.69, 9.17) is 0 Å². The summed E-state index contributed by atoms with van der Waals surface area (Å²) in [7, 11) is 0. The third-order valence-corrected chi connectivity index (χ3v) is 3.33. The molecule has 0 amide bonds. The van der Waals surface area contributed by atoms with E-state index in [1.54, 1.807) is 42.6 Å². The summed E-state index contributed by atoms with van der Waals surface area (Å²) in [5, 5.41) is 0. The molecule has 0 spiro atoms. The van der Waals surface area contributed by atoms with E-state index < -0.39 is 11.1 Å². The van der Waals surface area contributed by atoms with E-state index in [9.17, 15) is 14.0 Å². The number of nitrogens with zero attached hydrogens (tertiary/aromatic N) is 2. The van der Waals surface area contributed by atoms with Gasteiger partial charge in [0, 0.05) is 18.1 Å². The molecule has 0 aliphatic rings. The van der Waals surface area contributed by atoms with Crippen LogP contribution in [0, 0.1) is 5.82 Å². The first-order chi connectivity index (χ1) is 10.6. The summed E-state index contributed by atoms with van der Waals surface area (Å²) < 4.78 is 15.8. The topological polar surface area (TPSA) is 44.0 Å². The molecule has 0 saturated carbocycles. The second-order valence-corrected chi connectivity index (χ2v) is 4.87. The fraction of sp³-hybridized carbons (Fsp3) is 0.0588. The lowest BCUT2D eigenvalue weighted by Crippen LogP contribution is -2.40. The molecule has 0 N–H and O–H groups in total. The normalized spacial score (nSPS) is 10.6. The Hall–Kier alpha value is -2.95. The quantitative estimate of drug-likeness (QED) is 0.695. The molecule has 110 valence electrons. The number of hydrogen-bond donors (Lipinski definition) is 0. The molecule has 1 aromatic heterocycles. The van der Waals surface area contributed by atoms with Gasteiger partial charge in [-0.05, 0) is 29.8 Å². The van der Waals surface area contributed by atoms with Crippen molar-refractivity contribution >= 4 is 0 Å². The third kappa shape index (κ3) is 2.74. The van der Waals surface area contributed by atoms with Gasteiger partial charge in [-0.1, -0.05) is 30.3 Å². The highest BCUT2D eigenvalue weighted by atomic mass is 19.1. The van der Waals surface area contributed by atoms with E-state index in [2.05, 4.69) is 0 Å². The van der Waals surface area contributed by atoms with Crippen molar-refractivity contribution in [3.8, 4) is 5.69 Å². The molecule has 1 heterocycles. The van der Waals surface area contributed by atoms with Crippen molar-refractivity contribution in [3.05, 3.63) is 99.1 Å². The first kappa shape index (κ1) is 14.0. The van der Waals surface area contributed by atoms with Crippen LogP contribution in [0.1, 0.15) is 5.56 Å². The van der Waals surface area contributed by atoms with Crippen molar-refractivity contribution < 1.29 is 4.39 Å². The molecule has 22 heavy (non-hydrogen) atoms. The summed E-state index contributed by atoms with van der Waals surface area (Å²) in [6.07, 6.45) is 3.07. The van der Waals surface area contributed by atoms with E-state index in [0.29, 0.717) is 11.3 Å². The minimum Gasteiger partial charge on any atom is -0.305 e. The number of hydrogen-bond acceptors (Lipinski definition) is 2. The predicted octanol–water partition coefficient (Wildman–Crippen LogP) is 2.19. The van der Waals surface area contributed by atoms with Gasteiger partial charge in [0.25, 0.3) is 0 Å². The second-order valence-electron chi connectivity index (χ2n) is 4.87. The van der Waals surface area contributed by atoms with Gasteiger partial charge in [-0.15, -0.1) is 0 Å². The van der Waals surface area contributed by atoms with Gasteiger partial charge in [-0.3, -0.25) is 14.2 Å². The maximum Gasteiger partial charge on any atom is 0.320 e. The van der Waals surface area contributed by atoms with Crippen molar-refractivity contribution in [2.24, 2.45) is 0 Å². The lowest BCUT2D eigenvalue weighted by atomic mass is 10.2. The molecule has 0 aliphatic heterocycles. The molecular weight excluding hydrogens is 283 g/mol. The number of benzene rings is 2. The summed E-state index contributed by atoms with van der Waals surface area (Å²) in [6, 6.07) is 14.9.